The number of ether oxygens (including phenoxy) is 2. The van der Waals surface area contributed by atoms with Crippen LogP contribution in [0.15, 0.2) is 28.7 Å². The van der Waals surface area contributed by atoms with E-state index in [9.17, 15) is 9.59 Å². The fraction of sp³-hybridized carbons (Fsp3) is 0.556. The summed E-state index contributed by atoms with van der Waals surface area (Å²) < 4.78 is 11.4. The Labute approximate surface area is 146 Å². The molecule has 0 amide bonds. The minimum absolute atomic E-state index is 0.0478. The highest BCUT2D eigenvalue weighted by atomic mass is 79.9. The van der Waals surface area contributed by atoms with E-state index in [1.165, 1.54) is 0 Å². The quantitative estimate of drug-likeness (QED) is 0.422. The summed E-state index contributed by atoms with van der Waals surface area (Å²) in [5.74, 6) is -0.728. The summed E-state index contributed by atoms with van der Waals surface area (Å²) in [6.07, 6.45) is 4.02. The van der Waals surface area contributed by atoms with E-state index in [0.717, 1.165) is 35.7 Å². The van der Waals surface area contributed by atoms with Crippen molar-refractivity contribution < 1.29 is 19.1 Å². The maximum atomic E-state index is 11.8. The Balaban J connectivity index is 2.22. The number of carbonyl (C=O) groups is 2. The SMILES string of the molecule is CCCCCCOC(=O)CCC(=O)OC(C)c1cccc(Br)c1. The molecule has 1 rings (SSSR count). The van der Waals surface area contributed by atoms with Crippen LogP contribution in [0.5, 0.6) is 0 Å². The minimum Gasteiger partial charge on any atom is -0.466 e. The molecule has 0 fully saturated rings. The van der Waals surface area contributed by atoms with Crippen LogP contribution in [0.4, 0.5) is 0 Å². The van der Waals surface area contributed by atoms with Crippen LogP contribution < -0.4 is 0 Å². The highest BCUT2D eigenvalue weighted by Crippen LogP contribution is 2.21. The molecule has 0 aliphatic rings. The van der Waals surface area contributed by atoms with Gasteiger partial charge in [0.25, 0.3) is 0 Å². The second-order valence-electron chi connectivity index (χ2n) is 5.47. The molecule has 1 unspecified atom stereocenters. The molecule has 0 saturated carbocycles. The fourth-order valence-electron chi connectivity index (χ4n) is 2.07. The lowest BCUT2D eigenvalue weighted by molar-refractivity contribution is -0.153. The van der Waals surface area contributed by atoms with Gasteiger partial charge in [0.1, 0.15) is 6.10 Å². The largest absolute Gasteiger partial charge is 0.466 e. The van der Waals surface area contributed by atoms with Crippen LogP contribution >= 0.6 is 15.9 Å². The number of hydrogen-bond acceptors (Lipinski definition) is 4. The first-order valence-corrected chi connectivity index (χ1v) is 8.92. The Hall–Kier alpha value is -1.36. The third-order valence-corrected chi connectivity index (χ3v) is 3.91. The van der Waals surface area contributed by atoms with Gasteiger partial charge in [-0.2, -0.15) is 0 Å². The van der Waals surface area contributed by atoms with Crippen LogP contribution in [0.1, 0.15) is 64.0 Å². The lowest BCUT2D eigenvalue weighted by Gasteiger charge is -2.13. The van der Waals surface area contributed by atoms with Crippen molar-refractivity contribution in [3.05, 3.63) is 34.3 Å². The summed E-state index contributed by atoms with van der Waals surface area (Å²) >= 11 is 3.38. The number of halogens is 1. The molecule has 0 aliphatic carbocycles. The second-order valence-corrected chi connectivity index (χ2v) is 6.38. The molecule has 5 heteroatoms. The standard InChI is InChI=1S/C18H25BrO4/c1-3-4-5-6-12-22-17(20)10-11-18(21)23-14(2)15-8-7-9-16(19)13-15/h7-9,13-14H,3-6,10-12H2,1-2H3. The third-order valence-electron chi connectivity index (χ3n) is 3.42. The topological polar surface area (TPSA) is 52.6 Å². The average molecular weight is 385 g/mol. The number of hydrogen-bond donors (Lipinski definition) is 0. The summed E-state index contributed by atoms with van der Waals surface area (Å²) in [4.78, 5) is 23.3. The van der Waals surface area contributed by atoms with E-state index in [4.69, 9.17) is 9.47 Å². The number of rotatable bonds is 10. The molecule has 4 nitrogen and oxygen atoms in total. The Morgan fingerprint density at radius 2 is 1.87 bits per heavy atom. The van der Waals surface area contributed by atoms with Crippen molar-refractivity contribution in [1.29, 1.82) is 0 Å². The summed E-state index contributed by atoms with van der Waals surface area (Å²) in [6, 6.07) is 7.60. The zero-order valence-electron chi connectivity index (χ0n) is 13.8. The first kappa shape index (κ1) is 19.7. The maximum Gasteiger partial charge on any atom is 0.306 e. The molecular weight excluding hydrogens is 360 g/mol. The van der Waals surface area contributed by atoms with Crippen molar-refractivity contribution in [3.8, 4) is 0 Å². The van der Waals surface area contributed by atoms with Gasteiger partial charge in [-0.1, -0.05) is 54.2 Å². The van der Waals surface area contributed by atoms with Crippen molar-refractivity contribution in [2.45, 2.75) is 58.5 Å². The van der Waals surface area contributed by atoms with E-state index in [-0.39, 0.29) is 30.9 Å². The molecule has 0 radical (unpaired) electrons. The van der Waals surface area contributed by atoms with Gasteiger partial charge in [-0.15, -0.1) is 0 Å². The average Bonchev–Trinajstić information content (AvgIpc) is 2.52. The molecule has 0 bridgehead atoms. The first-order valence-electron chi connectivity index (χ1n) is 8.13. The van der Waals surface area contributed by atoms with Gasteiger partial charge in [-0.3, -0.25) is 9.59 Å². The van der Waals surface area contributed by atoms with Gasteiger partial charge >= 0.3 is 11.9 Å². The van der Waals surface area contributed by atoms with Gasteiger partial charge in [-0.05, 0) is 31.0 Å². The smallest absolute Gasteiger partial charge is 0.306 e. The maximum absolute atomic E-state index is 11.8. The van der Waals surface area contributed by atoms with E-state index in [1.807, 2.05) is 31.2 Å². The van der Waals surface area contributed by atoms with Gasteiger partial charge in [0, 0.05) is 4.47 Å². The van der Waals surface area contributed by atoms with Crippen molar-refractivity contribution in [1.82, 2.24) is 0 Å². The molecule has 0 spiro atoms. The number of esters is 2. The third kappa shape index (κ3) is 8.74. The van der Waals surface area contributed by atoms with Gasteiger partial charge in [0.05, 0.1) is 19.4 Å². The molecule has 1 aromatic rings. The fourth-order valence-corrected chi connectivity index (χ4v) is 2.49. The Bertz CT molecular complexity index is 502. The van der Waals surface area contributed by atoms with Crippen molar-refractivity contribution in [3.63, 3.8) is 0 Å². The van der Waals surface area contributed by atoms with Crippen LogP contribution in [0.3, 0.4) is 0 Å². The lowest BCUT2D eigenvalue weighted by atomic mass is 10.1. The van der Waals surface area contributed by atoms with Gasteiger partial charge in [0.2, 0.25) is 0 Å². The monoisotopic (exact) mass is 384 g/mol. The van der Waals surface area contributed by atoms with Crippen LogP contribution in [0.2, 0.25) is 0 Å². The number of benzene rings is 1. The van der Waals surface area contributed by atoms with Gasteiger partial charge in [0.15, 0.2) is 0 Å². The molecule has 128 valence electrons. The molecule has 1 atom stereocenters. The van der Waals surface area contributed by atoms with E-state index in [2.05, 4.69) is 22.9 Å². The molecule has 1 aromatic carbocycles. The lowest BCUT2D eigenvalue weighted by Crippen LogP contribution is -2.12. The van der Waals surface area contributed by atoms with Crippen molar-refractivity contribution in [2.75, 3.05) is 6.61 Å². The van der Waals surface area contributed by atoms with Crippen molar-refractivity contribution in [2.24, 2.45) is 0 Å². The van der Waals surface area contributed by atoms with E-state index in [0.29, 0.717) is 6.61 Å². The van der Waals surface area contributed by atoms with E-state index < -0.39 is 0 Å². The number of carbonyl (C=O) groups excluding carboxylic acids is 2. The Morgan fingerprint density at radius 1 is 1.13 bits per heavy atom. The Morgan fingerprint density at radius 3 is 2.57 bits per heavy atom. The van der Waals surface area contributed by atoms with Crippen molar-refractivity contribution >= 4 is 27.9 Å². The minimum atomic E-state index is -0.389. The molecule has 0 saturated heterocycles. The molecule has 0 N–H and O–H groups in total. The first-order chi connectivity index (χ1) is 11.0. The normalized spacial score (nSPS) is 11.8. The van der Waals surface area contributed by atoms with Crippen LogP contribution in [0, 0.1) is 0 Å². The summed E-state index contributed by atoms with van der Waals surface area (Å²) in [7, 11) is 0. The predicted octanol–water partition coefficient (Wildman–Crippen LogP) is 4.96. The molecule has 0 heterocycles. The summed E-state index contributed by atoms with van der Waals surface area (Å²) in [5, 5.41) is 0. The molecule has 0 aromatic heterocycles. The molecule has 0 aliphatic heterocycles. The molecular formula is C18H25BrO4. The molecule has 23 heavy (non-hydrogen) atoms. The van der Waals surface area contributed by atoms with Crippen LogP contribution in [-0.2, 0) is 19.1 Å². The van der Waals surface area contributed by atoms with E-state index >= 15 is 0 Å². The van der Waals surface area contributed by atoms with Crippen LogP contribution in [0.25, 0.3) is 0 Å². The van der Waals surface area contributed by atoms with Gasteiger partial charge < -0.3 is 9.47 Å². The zero-order chi connectivity index (χ0) is 17.1. The number of unbranched alkanes of at least 4 members (excludes halogenated alkanes) is 3. The predicted molar refractivity (Wildman–Crippen MR) is 93.0 cm³/mol. The highest BCUT2D eigenvalue weighted by Gasteiger charge is 2.14. The highest BCUT2D eigenvalue weighted by molar-refractivity contribution is 9.10. The summed E-state index contributed by atoms with van der Waals surface area (Å²) in [5.41, 5.74) is 0.909. The zero-order valence-corrected chi connectivity index (χ0v) is 15.4. The Kier molecular flexibility index (Phi) is 9.60. The second kappa shape index (κ2) is 11.2. The van der Waals surface area contributed by atoms with E-state index in [1.54, 1.807) is 0 Å². The summed E-state index contributed by atoms with van der Waals surface area (Å²) in [6.45, 7) is 4.38. The van der Waals surface area contributed by atoms with Gasteiger partial charge in [-0.25, -0.2) is 0 Å². The van der Waals surface area contributed by atoms with Crippen LogP contribution in [-0.4, -0.2) is 18.5 Å².